The maximum Gasteiger partial charge on any atom is 0.354 e. The minimum absolute atomic E-state index is 0.0937. The molecule has 0 bridgehead atoms. The van der Waals surface area contributed by atoms with E-state index in [0.717, 1.165) is 62.3 Å². The van der Waals surface area contributed by atoms with Crippen molar-refractivity contribution in [3.8, 4) is 5.69 Å². The molecule has 0 spiro atoms. The van der Waals surface area contributed by atoms with Crippen LogP contribution >= 0.6 is 0 Å². The molecule has 1 saturated carbocycles. The number of nitrogens with two attached hydrogens (primary N) is 3. The van der Waals surface area contributed by atoms with Crippen molar-refractivity contribution in [2.24, 2.45) is 35.0 Å². The molecular formula is C30H45N9O3. The van der Waals surface area contributed by atoms with E-state index in [1.807, 2.05) is 12.1 Å². The molecule has 1 aromatic heterocycles. The Kier molecular flexibility index (Phi) is 9.57. The lowest BCUT2D eigenvalue weighted by Crippen LogP contribution is -2.55. The summed E-state index contributed by atoms with van der Waals surface area (Å²) in [6.45, 7) is 7.55. The zero-order chi connectivity index (χ0) is 29.8. The fourth-order valence-corrected chi connectivity index (χ4v) is 6.51. The van der Waals surface area contributed by atoms with Gasteiger partial charge < -0.3 is 27.0 Å². The van der Waals surface area contributed by atoms with Crippen molar-refractivity contribution in [2.75, 3.05) is 57.7 Å². The first kappa shape index (κ1) is 30.1. The Morgan fingerprint density at radius 1 is 1.00 bits per heavy atom. The number of anilines is 1. The second-order valence-corrected chi connectivity index (χ2v) is 12.0. The Balaban J connectivity index is 1.09. The van der Waals surface area contributed by atoms with Gasteiger partial charge in [-0.15, -0.1) is 0 Å². The molecule has 1 aromatic carbocycles. The highest BCUT2D eigenvalue weighted by molar-refractivity contribution is 5.88. The number of hydrogen-bond donors (Lipinski definition) is 4. The third kappa shape index (κ3) is 6.83. The number of unbranched alkanes of at least 4 members (excludes halogenated alkanes) is 1. The molecule has 1 aliphatic carbocycles. The molecule has 5 atom stereocenters. The van der Waals surface area contributed by atoms with Crippen molar-refractivity contribution in [2.45, 2.75) is 44.7 Å². The molecule has 3 fully saturated rings. The van der Waals surface area contributed by atoms with Gasteiger partial charge in [-0.3, -0.25) is 19.6 Å². The minimum atomic E-state index is -0.544. The van der Waals surface area contributed by atoms with E-state index in [2.05, 4.69) is 34.3 Å². The molecule has 2 unspecified atom stereocenters. The predicted octanol–water partition coefficient (Wildman–Crippen LogP) is 0.432. The van der Waals surface area contributed by atoms with Crippen molar-refractivity contribution in [3.63, 3.8) is 0 Å². The summed E-state index contributed by atoms with van der Waals surface area (Å²) in [5, 5.41) is 2.71. The van der Waals surface area contributed by atoms with Crippen molar-refractivity contribution in [1.29, 1.82) is 0 Å². The molecule has 3 aliphatic rings. The molecule has 228 valence electrons. The monoisotopic (exact) mass is 579 g/mol. The molecular weight excluding hydrogens is 534 g/mol. The number of urea groups is 1. The smallest absolute Gasteiger partial charge is 0.338 e. The number of benzene rings is 1. The Labute approximate surface area is 247 Å². The van der Waals surface area contributed by atoms with Crippen LogP contribution in [-0.4, -0.2) is 101 Å². The van der Waals surface area contributed by atoms with Crippen LogP contribution in [0.1, 0.15) is 31.7 Å². The zero-order valence-electron chi connectivity index (χ0n) is 24.5. The quantitative estimate of drug-likeness (QED) is 0.278. The van der Waals surface area contributed by atoms with Gasteiger partial charge in [-0.25, -0.2) is 9.59 Å². The molecule has 7 N–H and O–H groups in total. The number of rotatable bonds is 11. The van der Waals surface area contributed by atoms with Gasteiger partial charge in [0.05, 0.1) is 11.7 Å². The summed E-state index contributed by atoms with van der Waals surface area (Å²) in [5.74, 6) is 2.40. The van der Waals surface area contributed by atoms with Gasteiger partial charge in [0, 0.05) is 51.5 Å². The van der Waals surface area contributed by atoms with E-state index in [-0.39, 0.29) is 17.8 Å². The highest BCUT2D eigenvalue weighted by atomic mass is 16.2. The highest BCUT2D eigenvalue weighted by Crippen LogP contribution is 2.51. The molecule has 0 radical (unpaired) electrons. The van der Waals surface area contributed by atoms with Crippen LogP contribution in [0.25, 0.3) is 5.69 Å². The Morgan fingerprint density at radius 2 is 1.67 bits per heavy atom. The number of nitrogens with one attached hydrogen (secondary N) is 1. The third-order valence-electron chi connectivity index (χ3n) is 9.24. The molecule has 3 amide bonds. The number of fused-ring (bicyclic) bond motifs is 1. The summed E-state index contributed by atoms with van der Waals surface area (Å²) in [6, 6.07) is 9.16. The van der Waals surface area contributed by atoms with Gasteiger partial charge in [0.15, 0.2) is 0 Å². The topological polar surface area (TPSA) is 169 Å². The molecule has 3 heterocycles. The summed E-state index contributed by atoms with van der Waals surface area (Å²) in [4.78, 5) is 48.2. The number of likely N-dealkylation sites (tertiary alicyclic amines) is 1. The van der Waals surface area contributed by atoms with E-state index in [9.17, 15) is 14.4 Å². The molecule has 2 aliphatic heterocycles. The van der Waals surface area contributed by atoms with Crippen LogP contribution < -0.4 is 28.2 Å². The maximum atomic E-state index is 12.8. The van der Waals surface area contributed by atoms with Gasteiger partial charge in [0.25, 0.3) is 0 Å². The van der Waals surface area contributed by atoms with Gasteiger partial charge in [-0.1, -0.05) is 18.6 Å². The standard InChI is InChI=1S/C30H45N9O3/c1-20(38-18-24-23(17-32)25(24)19-38)16-21-5-7-22(8-6-21)39-11-9-27(35-30(39)42)34-29(41)37-14-12-36(13-15-37)28(40)26(33)4-2-3-10-31/h5-9,11,20,23-26H,2-4,10,12-19,31-33H2,1H3,(H,34,35,41,42)/t20?,23?,24-,25+,26-/m0/s1. The molecule has 2 saturated heterocycles. The van der Waals surface area contributed by atoms with Gasteiger partial charge in [-0.2, -0.15) is 4.98 Å². The Hall–Kier alpha value is -3.32. The van der Waals surface area contributed by atoms with E-state index >= 15 is 0 Å². The SMILES string of the molecule is CC(Cc1ccc(-n2ccc(NC(=O)N3CCN(C(=O)[C@@H](N)CCCCN)CC3)nc2=O)cc1)N1C[C@@H]2C(CN)[C@@H]2C1. The first-order chi connectivity index (χ1) is 20.3. The van der Waals surface area contributed by atoms with Crippen LogP contribution in [0.2, 0.25) is 0 Å². The van der Waals surface area contributed by atoms with Crippen LogP contribution in [0, 0.1) is 17.8 Å². The van der Waals surface area contributed by atoms with Gasteiger partial charge in [0.1, 0.15) is 5.82 Å². The first-order valence-corrected chi connectivity index (χ1v) is 15.2. The lowest BCUT2D eigenvalue weighted by Gasteiger charge is -2.35. The lowest BCUT2D eigenvalue weighted by molar-refractivity contribution is -0.134. The number of hydrogen-bond acceptors (Lipinski definition) is 8. The second-order valence-electron chi connectivity index (χ2n) is 12.0. The van der Waals surface area contributed by atoms with E-state index in [4.69, 9.17) is 17.2 Å². The van der Waals surface area contributed by atoms with E-state index in [1.165, 1.54) is 10.1 Å². The number of carbonyl (C=O) groups excluding carboxylic acids is 2. The molecule has 42 heavy (non-hydrogen) atoms. The zero-order valence-corrected chi connectivity index (χ0v) is 24.5. The number of carbonyl (C=O) groups is 2. The van der Waals surface area contributed by atoms with Gasteiger partial charge in [0.2, 0.25) is 5.91 Å². The molecule has 2 aromatic rings. The van der Waals surface area contributed by atoms with Crippen molar-refractivity contribution < 1.29 is 9.59 Å². The predicted molar refractivity (Wildman–Crippen MR) is 162 cm³/mol. The fourth-order valence-electron chi connectivity index (χ4n) is 6.51. The maximum absolute atomic E-state index is 12.8. The highest BCUT2D eigenvalue weighted by Gasteiger charge is 2.55. The second kappa shape index (κ2) is 13.3. The Morgan fingerprint density at radius 3 is 2.29 bits per heavy atom. The van der Waals surface area contributed by atoms with Crippen LogP contribution in [0.5, 0.6) is 0 Å². The summed E-state index contributed by atoms with van der Waals surface area (Å²) in [6.07, 6.45) is 4.84. The molecule has 12 heteroatoms. The number of aromatic nitrogens is 2. The number of nitrogens with zero attached hydrogens (tertiary/aromatic N) is 5. The van der Waals surface area contributed by atoms with Crippen molar-refractivity contribution in [1.82, 2.24) is 24.3 Å². The van der Waals surface area contributed by atoms with E-state index in [1.54, 1.807) is 22.1 Å². The summed E-state index contributed by atoms with van der Waals surface area (Å²) >= 11 is 0. The number of amides is 3. The molecule has 12 nitrogen and oxygen atoms in total. The summed E-state index contributed by atoms with van der Waals surface area (Å²) < 4.78 is 1.46. The largest absolute Gasteiger partial charge is 0.354 e. The minimum Gasteiger partial charge on any atom is -0.338 e. The Bertz CT molecular complexity index is 1280. The van der Waals surface area contributed by atoms with Crippen LogP contribution in [0.3, 0.4) is 0 Å². The number of piperidine rings is 1. The lowest BCUT2D eigenvalue weighted by atomic mass is 10.0. The van der Waals surface area contributed by atoms with Crippen molar-refractivity contribution >= 4 is 17.8 Å². The number of piperazine rings is 1. The normalized spacial score (nSPS) is 23.4. The van der Waals surface area contributed by atoms with Crippen molar-refractivity contribution in [3.05, 3.63) is 52.6 Å². The van der Waals surface area contributed by atoms with Crippen LogP contribution in [0.4, 0.5) is 10.6 Å². The first-order valence-electron chi connectivity index (χ1n) is 15.2. The van der Waals surface area contributed by atoms with Gasteiger partial charge >= 0.3 is 11.7 Å². The average Bonchev–Trinajstić information content (AvgIpc) is 3.47. The van der Waals surface area contributed by atoms with E-state index < -0.39 is 11.7 Å². The van der Waals surface area contributed by atoms with Gasteiger partial charge in [-0.05, 0) is 80.8 Å². The summed E-state index contributed by atoms with van der Waals surface area (Å²) in [7, 11) is 0. The third-order valence-corrected chi connectivity index (χ3v) is 9.24. The van der Waals surface area contributed by atoms with Crippen LogP contribution in [-0.2, 0) is 11.2 Å². The molecule has 5 rings (SSSR count). The van der Waals surface area contributed by atoms with Crippen LogP contribution in [0.15, 0.2) is 41.3 Å². The fraction of sp³-hybridized carbons (Fsp3) is 0.600. The average molecular weight is 580 g/mol. The van der Waals surface area contributed by atoms with E-state index in [0.29, 0.717) is 45.2 Å². The summed E-state index contributed by atoms with van der Waals surface area (Å²) in [5.41, 5.74) is 18.9.